The largest absolute Gasteiger partial charge is 0.481 e. The molecule has 0 atom stereocenters. The molecule has 0 saturated carbocycles. The number of aliphatic carboxylic acids is 1. The van der Waals surface area contributed by atoms with Crippen LogP contribution < -0.4 is 0 Å². The van der Waals surface area contributed by atoms with E-state index in [1.807, 2.05) is 42.6 Å². The Kier molecular flexibility index (Phi) is 11.9. The van der Waals surface area contributed by atoms with Gasteiger partial charge in [0.2, 0.25) is 10.0 Å². The average Bonchev–Trinajstić information content (AvgIpc) is 3.54. The predicted molar refractivity (Wildman–Crippen MR) is 179 cm³/mol. The summed E-state index contributed by atoms with van der Waals surface area (Å²) in [5, 5.41) is 13.5. The molecule has 1 fully saturated rings. The molecular weight excluding hydrogens is 617 g/mol. The number of carboxylic acid groups (broad SMARTS) is 1. The van der Waals surface area contributed by atoms with Crippen molar-refractivity contribution in [1.29, 1.82) is 0 Å². The normalized spacial score (nSPS) is 14.7. The van der Waals surface area contributed by atoms with Gasteiger partial charge in [0.25, 0.3) is 5.91 Å². The fraction of sp³-hybridized carbons (Fsp3) is 0.375. The van der Waals surface area contributed by atoms with Crippen molar-refractivity contribution in [2.24, 2.45) is 0 Å². The molecule has 0 aliphatic carbocycles. The monoisotopic (exact) mass is 654 g/mol. The molecule has 2 heterocycles. The second-order valence-electron chi connectivity index (χ2n) is 10.8. The van der Waals surface area contributed by atoms with Gasteiger partial charge in [0.1, 0.15) is 10.0 Å². The van der Waals surface area contributed by atoms with E-state index >= 15 is 0 Å². The maximum atomic E-state index is 13.4. The summed E-state index contributed by atoms with van der Waals surface area (Å²) in [6.45, 7) is 0.557. The molecule has 0 spiro atoms. The third-order valence-corrected chi connectivity index (χ3v) is 10.5. The molecule has 1 N–H and O–H groups in total. The number of carboxylic acids is 1. The number of carbonyl (C=O) groups is 2. The van der Waals surface area contributed by atoms with Crippen molar-refractivity contribution < 1.29 is 23.1 Å². The van der Waals surface area contributed by atoms with Crippen molar-refractivity contribution in [1.82, 2.24) is 19.0 Å². The number of hydrogen-bond donors (Lipinski definition) is 1. The lowest BCUT2D eigenvalue weighted by molar-refractivity contribution is -0.137. The molecule has 0 bridgehead atoms. The number of hydrogen-bond acceptors (Lipinski definition) is 7. The topological polar surface area (TPSA) is 113 Å². The van der Waals surface area contributed by atoms with Crippen LogP contribution in [0.2, 0.25) is 0 Å². The van der Waals surface area contributed by atoms with Gasteiger partial charge in [-0.2, -0.15) is 5.10 Å². The summed E-state index contributed by atoms with van der Waals surface area (Å²) in [5.41, 5.74) is 2.68. The van der Waals surface area contributed by atoms with Gasteiger partial charge in [-0.05, 0) is 43.2 Å². The minimum Gasteiger partial charge on any atom is -0.481 e. The number of nitrogens with zero attached hydrogens (tertiary/aromatic N) is 4. The zero-order valence-electron chi connectivity index (χ0n) is 25.0. The zero-order chi connectivity index (χ0) is 31.7. The molecule has 1 aliphatic heterocycles. The second kappa shape index (κ2) is 15.6. The minimum absolute atomic E-state index is 0.138. The average molecular weight is 655 g/mol. The summed E-state index contributed by atoms with van der Waals surface area (Å²) in [4.78, 5) is 26.3. The molecule has 1 aromatic heterocycles. The fourth-order valence-electron chi connectivity index (χ4n) is 4.89. The van der Waals surface area contributed by atoms with Crippen LogP contribution in [0.4, 0.5) is 0 Å². The van der Waals surface area contributed by atoms with E-state index in [9.17, 15) is 18.0 Å². The first-order valence-corrected chi connectivity index (χ1v) is 17.4. The number of thiocarbonyl (C=S) groups is 1. The molecule has 0 unspecified atom stereocenters. The summed E-state index contributed by atoms with van der Waals surface area (Å²) in [5.74, 6) is -0.873. The van der Waals surface area contributed by atoms with Crippen LogP contribution in [0.5, 0.6) is 0 Å². The Balaban J connectivity index is 1.47. The van der Waals surface area contributed by atoms with E-state index in [-0.39, 0.29) is 17.2 Å². The second-order valence-corrected chi connectivity index (χ2v) is 14.7. The lowest BCUT2D eigenvalue weighted by Gasteiger charge is -2.14. The van der Waals surface area contributed by atoms with E-state index in [2.05, 4.69) is 0 Å². The van der Waals surface area contributed by atoms with Crippen LogP contribution in [0.15, 0.2) is 70.6 Å². The lowest BCUT2D eigenvalue weighted by atomic mass is 10.1. The van der Waals surface area contributed by atoms with Gasteiger partial charge < -0.3 is 5.11 Å². The molecular formula is C32H38N4O5S3. The van der Waals surface area contributed by atoms with Gasteiger partial charge in [-0.25, -0.2) is 17.4 Å². The summed E-state index contributed by atoms with van der Waals surface area (Å²) < 4.78 is 29.1. The third kappa shape index (κ3) is 8.65. The zero-order valence-corrected chi connectivity index (χ0v) is 27.5. The highest BCUT2D eigenvalue weighted by Gasteiger charge is 2.32. The van der Waals surface area contributed by atoms with Crippen LogP contribution in [0.25, 0.3) is 23.0 Å². The van der Waals surface area contributed by atoms with Gasteiger partial charge in [-0.15, -0.1) is 0 Å². The van der Waals surface area contributed by atoms with E-state index in [4.69, 9.17) is 22.4 Å². The Bertz CT molecular complexity index is 1620. The molecule has 1 amide bonds. The standard InChI is InChI=1S/C32H38N4O5S3/c1-34(2)44(40,41)27-18-14-15-24(21-27)30-25(23-36(33-30)26-16-10-9-11-17-26)22-28-31(39)35(32(42)43-28)20-13-8-6-4-3-5-7-12-19-29(37)38/h9-11,14-18,21-23H,3-8,12-13,19-20H2,1-2H3,(H,37,38). The molecule has 44 heavy (non-hydrogen) atoms. The highest BCUT2D eigenvalue weighted by atomic mass is 32.2. The molecule has 3 aromatic rings. The molecule has 4 rings (SSSR count). The van der Waals surface area contributed by atoms with Crippen molar-refractivity contribution in [2.45, 2.75) is 62.7 Å². The number of rotatable bonds is 16. The Morgan fingerprint density at radius 1 is 0.977 bits per heavy atom. The van der Waals surface area contributed by atoms with E-state index in [0.717, 1.165) is 57.1 Å². The number of benzene rings is 2. The van der Waals surface area contributed by atoms with Crippen LogP contribution in [0.1, 0.15) is 63.4 Å². The molecule has 9 nitrogen and oxygen atoms in total. The Labute approximate surface area is 269 Å². The molecule has 234 valence electrons. The SMILES string of the molecule is CN(C)S(=O)(=O)c1cccc(-c2nn(-c3ccccc3)cc2C=C2SC(=S)N(CCCCCCCCCCC(=O)O)C2=O)c1. The maximum Gasteiger partial charge on any atom is 0.303 e. The lowest BCUT2D eigenvalue weighted by Crippen LogP contribution is -2.29. The van der Waals surface area contributed by atoms with Crippen LogP contribution in [-0.2, 0) is 19.6 Å². The molecule has 2 aromatic carbocycles. The molecule has 12 heteroatoms. The number of carbonyl (C=O) groups excluding carboxylic acids is 1. The van der Waals surface area contributed by atoms with Crippen LogP contribution >= 0.6 is 24.0 Å². The smallest absolute Gasteiger partial charge is 0.303 e. The molecule has 0 radical (unpaired) electrons. The first kappa shape index (κ1) is 33.6. The van der Waals surface area contributed by atoms with Gasteiger partial charge in [0.05, 0.1) is 15.5 Å². The Hall–Kier alpha value is -3.32. The van der Waals surface area contributed by atoms with Gasteiger partial charge in [-0.3, -0.25) is 14.5 Å². The number of amides is 1. The molecule has 1 saturated heterocycles. The summed E-state index contributed by atoms with van der Waals surface area (Å²) in [6.07, 6.45) is 11.7. The quantitative estimate of drug-likeness (QED) is 0.105. The van der Waals surface area contributed by atoms with E-state index in [1.165, 1.54) is 30.2 Å². The van der Waals surface area contributed by atoms with Crippen LogP contribution in [-0.4, -0.2) is 69.3 Å². The number of aromatic nitrogens is 2. The number of sulfonamides is 1. The number of thioether (sulfide) groups is 1. The summed E-state index contributed by atoms with van der Waals surface area (Å²) in [7, 11) is -0.667. The minimum atomic E-state index is -3.65. The van der Waals surface area contributed by atoms with Crippen molar-refractivity contribution in [3.05, 3.63) is 71.3 Å². The first-order valence-electron chi connectivity index (χ1n) is 14.7. The predicted octanol–water partition coefficient (Wildman–Crippen LogP) is 6.59. The maximum absolute atomic E-state index is 13.4. The van der Waals surface area contributed by atoms with Crippen molar-refractivity contribution in [2.75, 3.05) is 20.6 Å². The summed E-state index contributed by atoms with van der Waals surface area (Å²) >= 11 is 6.84. The van der Waals surface area contributed by atoms with Crippen molar-refractivity contribution in [3.8, 4) is 16.9 Å². The van der Waals surface area contributed by atoms with Crippen molar-refractivity contribution in [3.63, 3.8) is 0 Å². The first-order chi connectivity index (χ1) is 21.1. The fourth-order valence-corrected chi connectivity index (χ4v) is 7.13. The highest BCUT2D eigenvalue weighted by molar-refractivity contribution is 8.26. The summed E-state index contributed by atoms with van der Waals surface area (Å²) in [6, 6.07) is 16.2. The van der Waals surface area contributed by atoms with Crippen LogP contribution in [0.3, 0.4) is 0 Å². The van der Waals surface area contributed by atoms with Gasteiger partial charge >= 0.3 is 5.97 Å². The van der Waals surface area contributed by atoms with Crippen molar-refractivity contribution >= 4 is 56.3 Å². The van der Waals surface area contributed by atoms with E-state index in [1.54, 1.807) is 33.9 Å². The van der Waals surface area contributed by atoms with E-state index < -0.39 is 16.0 Å². The van der Waals surface area contributed by atoms with Gasteiger partial charge in [0.15, 0.2) is 0 Å². The van der Waals surface area contributed by atoms with Gasteiger partial charge in [-0.1, -0.05) is 92.8 Å². The Morgan fingerprint density at radius 2 is 1.64 bits per heavy atom. The van der Waals surface area contributed by atoms with Gasteiger partial charge in [0, 0.05) is 44.4 Å². The third-order valence-electron chi connectivity index (χ3n) is 7.33. The molecule has 1 aliphatic rings. The number of para-hydroxylation sites is 1. The van der Waals surface area contributed by atoms with Crippen LogP contribution in [0, 0.1) is 0 Å². The Morgan fingerprint density at radius 3 is 2.30 bits per heavy atom. The number of unbranched alkanes of at least 4 members (excludes halogenated alkanes) is 7. The van der Waals surface area contributed by atoms with E-state index in [0.29, 0.717) is 32.6 Å². The highest BCUT2D eigenvalue weighted by Crippen LogP contribution is 2.35.